The van der Waals surface area contributed by atoms with Gasteiger partial charge in [-0.15, -0.1) is 0 Å². The normalized spacial score (nSPS) is 15.5. The van der Waals surface area contributed by atoms with Crippen LogP contribution in [0.3, 0.4) is 0 Å². The maximum Gasteiger partial charge on any atom is 0.290 e. The molecule has 3 aromatic carbocycles. The van der Waals surface area contributed by atoms with Crippen LogP contribution >= 0.6 is 11.6 Å². The molecular weight excluding hydrogens is 506 g/mol. The topological polar surface area (TPSA) is 89.2 Å². The average Bonchev–Trinajstić information content (AvgIpc) is 3.45. The summed E-state index contributed by atoms with van der Waals surface area (Å²) in [5.74, 6) is -1.18. The zero-order valence-electron chi connectivity index (χ0n) is 20.9. The predicted molar refractivity (Wildman–Crippen MR) is 143 cm³/mol. The number of ether oxygens (including phenoxy) is 2. The summed E-state index contributed by atoms with van der Waals surface area (Å²) in [4.78, 5) is 28.1. The van der Waals surface area contributed by atoms with Crippen molar-refractivity contribution < 1.29 is 28.6 Å². The van der Waals surface area contributed by atoms with Crippen LogP contribution < -0.4 is 4.74 Å². The summed E-state index contributed by atoms with van der Waals surface area (Å²) in [5.41, 5.74) is 3.29. The molecule has 1 aliphatic rings. The summed E-state index contributed by atoms with van der Waals surface area (Å²) in [6.07, 6.45) is 0. The molecule has 1 atom stereocenters. The molecule has 8 heteroatoms. The second kappa shape index (κ2) is 10.7. The molecule has 38 heavy (non-hydrogen) atoms. The number of hydrogen-bond donors (Lipinski definition) is 1. The molecule has 1 aliphatic heterocycles. The van der Waals surface area contributed by atoms with Crippen LogP contribution in [0.25, 0.3) is 11.0 Å². The molecule has 0 saturated heterocycles. The Balaban J connectivity index is 1.45. The Hall–Kier alpha value is -4.07. The minimum absolute atomic E-state index is 0.00777. The van der Waals surface area contributed by atoms with E-state index in [4.69, 9.17) is 25.5 Å². The lowest BCUT2D eigenvalue weighted by molar-refractivity contribution is -0.130. The molecule has 7 nitrogen and oxygen atoms in total. The van der Waals surface area contributed by atoms with Crippen molar-refractivity contribution in [2.24, 2.45) is 0 Å². The number of hydrogen-bond acceptors (Lipinski definition) is 6. The quantitative estimate of drug-likeness (QED) is 0.259. The summed E-state index contributed by atoms with van der Waals surface area (Å²) in [6, 6.07) is 20.9. The summed E-state index contributed by atoms with van der Waals surface area (Å²) in [7, 11) is 1.52. The first kappa shape index (κ1) is 25.6. The SMILES string of the molecule is COCCN1C(=O)C(O)=C(C(=O)c2cc3cc(Cl)ccc3o2)C1c1ccc(OCc2ccccc2C)cc1. The fourth-order valence-electron chi connectivity index (χ4n) is 4.59. The molecule has 5 rings (SSSR count). The molecule has 0 saturated carbocycles. The predicted octanol–water partition coefficient (Wildman–Crippen LogP) is 6.20. The van der Waals surface area contributed by atoms with Gasteiger partial charge in [0.1, 0.15) is 17.9 Å². The number of fused-ring (bicyclic) bond motifs is 1. The second-order valence-electron chi connectivity index (χ2n) is 9.06. The third-order valence-corrected chi connectivity index (χ3v) is 6.87. The molecule has 4 aromatic rings. The molecule has 1 N–H and O–H groups in total. The monoisotopic (exact) mass is 531 g/mol. The van der Waals surface area contributed by atoms with Gasteiger partial charge < -0.3 is 23.9 Å². The van der Waals surface area contributed by atoms with Gasteiger partial charge >= 0.3 is 0 Å². The van der Waals surface area contributed by atoms with Crippen LogP contribution in [0.4, 0.5) is 0 Å². The maximum absolute atomic E-state index is 13.6. The molecule has 194 valence electrons. The lowest BCUT2D eigenvalue weighted by atomic mass is 9.95. The highest BCUT2D eigenvalue weighted by molar-refractivity contribution is 6.31. The number of carbonyl (C=O) groups is 2. The van der Waals surface area contributed by atoms with E-state index in [9.17, 15) is 14.7 Å². The number of amides is 1. The van der Waals surface area contributed by atoms with Crippen LogP contribution in [0.5, 0.6) is 5.75 Å². The van der Waals surface area contributed by atoms with Crippen LogP contribution in [-0.2, 0) is 16.1 Å². The molecule has 1 aromatic heterocycles. The fourth-order valence-corrected chi connectivity index (χ4v) is 4.77. The van der Waals surface area contributed by atoms with Gasteiger partial charge in [-0.3, -0.25) is 9.59 Å². The molecule has 2 heterocycles. The number of Topliss-reactive ketones (excluding diaryl/α,β-unsaturated/α-hetero) is 1. The van der Waals surface area contributed by atoms with Crippen LogP contribution in [0.1, 0.15) is 33.3 Å². The highest BCUT2D eigenvalue weighted by atomic mass is 35.5. The van der Waals surface area contributed by atoms with E-state index in [0.717, 1.165) is 11.1 Å². The maximum atomic E-state index is 13.6. The molecule has 0 aliphatic carbocycles. The number of benzene rings is 3. The first-order chi connectivity index (χ1) is 18.4. The number of aliphatic hydroxyl groups excluding tert-OH is 1. The van der Waals surface area contributed by atoms with E-state index in [1.165, 1.54) is 12.0 Å². The highest BCUT2D eigenvalue weighted by Crippen LogP contribution is 2.40. The Morgan fingerprint density at radius 1 is 1.08 bits per heavy atom. The number of ketones is 1. The van der Waals surface area contributed by atoms with Gasteiger partial charge in [0.05, 0.1) is 18.2 Å². The Kier molecular flexibility index (Phi) is 7.22. The van der Waals surface area contributed by atoms with Crippen molar-refractivity contribution in [2.45, 2.75) is 19.6 Å². The van der Waals surface area contributed by atoms with E-state index in [-0.39, 0.29) is 24.5 Å². The minimum atomic E-state index is -0.827. The standard InChI is InChI=1S/C30H26ClNO6/c1-18-5-3-4-6-20(18)17-37-23-10-7-19(8-11-23)27-26(29(34)30(35)32(27)13-14-36-2)28(33)25-16-21-15-22(31)9-12-24(21)38-25/h3-12,15-16,27,34H,13-14,17H2,1-2H3. The van der Waals surface area contributed by atoms with Gasteiger partial charge in [0.25, 0.3) is 5.91 Å². The zero-order chi connectivity index (χ0) is 26.8. The summed E-state index contributed by atoms with van der Waals surface area (Å²) >= 11 is 6.08. The average molecular weight is 532 g/mol. The van der Waals surface area contributed by atoms with Crippen molar-refractivity contribution in [2.75, 3.05) is 20.3 Å². The molecule has 1 amide bonds. The number of halogens is 1. The summed E-state index contributed by atoms with van der Waals surface area (Å²) in [6.45, 7) is 2.86. The van der Waals surface area contributed by atoms with Gasteiger partial charge in [0.2, 0.25) is 5.78 Å². The molecule has 0 radical (unpaired) electrons. The molecule has 0 spiro atoms. The Bertz CT molecular complexity index is 1540. The van der Waals surface area contributed by atoms with Crippen molar-refractivity contribution in [3.8, 4) is 5.75 Å². The van der Waals surface area contributed by atoms with Crippen molar-refractivity contribution in [1.29, 1.82) is 0 Å². The first-order valence-corrected chi connectivity index (χ1v) is 12.5. The number of methoxy groups -OCH3 is 1. The highest BCUT2D eigenvalue weighted by Gasteiger charge is 2.44. The Morgan fingerprint density at radius 2 is 1.84 bits per heavy atom. The van der Waals surface area contributed by atoms with E-state index in [1.54, 1.807) is 48.5 Å². The van der Waals surface area contributed by atoms with Gasteiger partial charge in [-0.25, -0.2) is 0 Å². The second-order valence-corrected chi connectivity index (χ2v) is 9.50. The van der Waals surface area contributed by atoms with Crippen molar-refractivity contribution in [1.82, 2.24) is 4.90 Å². The van der Waals surface area contributed by atoms with Gasteiger partial charge in [0.15, 0.2) is 11.5 Å². The van der Waals surface area contributed by atoms with Gasteiger partial charge in [-0.05, 0) is 60.0 Å². The van der Waals surface area contributed by atoms with Gasteiger partial charge in [-0.1, -0.05) is 48.0 Å². The fraction of sp³-hybridized carbons (Fsp3) is 0.200. The lowest BCUT2D eigenvalue weighted by Crippen LogP contribution is -2.34. The van der Waals surface area contributed by atoms with E-state index < -0.39 is 23.5 Å². The summed E-state index contributed by atoms with van der Waals surface area (Å²) < 4.78 is 16.9. The van der Waals surface area contributed by atoms with Crippen LogP contribution in [0.15, 0.2) is 88.5 Å². The van der Waals surface area contributed by atoms with E-state index in [2.05, 4.69) is 0 Å². The molecule has 1 unspecified atom stereocenters. The zero-order valence-corrected chi connectivity index (χ0v) is 21.7. The molecule has 0 fully saturated rings. The molecule has 0 bridgehead atoms. The van der Waals surface area contributed by atoms with E-state index in [1.807, 2.05) is 31.2 Å². The Morgan fingerprint density at radius 3 is 2.58 bits per heavy atom. The Labute approximate surface area is 224 Å². The third kappa shape index (κ3) is 4.90. The number of aryl methyl sites for hydroxylation is 1. The third-order valence-electron chi connectivity index (χ3n) is 6.64. The van der Waals surface area contributed by atoms with Crippen LogP contribution in [0, 0.1) is 6.92 Å². The smallest absolute Gasteiger partial charge is 0.290 e. The lowest BCUT2D eigenvalue weighted by Gasteiger charge is -2.26. The largest absolute Gasteiger partial charge is 0.503 e. The minimum Gasteiger partial charge on any atom is -0.503 e. The van der Waals surface area contributed by atoms with E-state index >= 15 is 0 Å². The van der Waals surface area contributed by atoms with Gasteiger partial charge in [-0.2, -0.15) is 0 Å². The van der Waals surface area contributed by atoms with Crippen molar-refractivity contribution in [3.63, 3.8) is 0 Å². The number of nitrogens with zero attached hydrogens (tertiary/aromatic N) is 1. The van der Waals surface area contributed by atoms with Gasteiger partial charge in [0, 0.05) is 24.1 Å². The number of aliphatic hydroxyl groups is 1. The number of rotatable bonds is 9. The summed E-state index contributed by atoms with van der Waals surface area (Å²) in [5, 5.41) is 12.0. The molecular formula is C30H26ClNO6. The number of carbonyl (C=O) groups excluding carboxylic acids is 2. The van der Waals surface area contributed by atoms with Crippen LogP contribution in [0.2, 0.25) is 5.02 Å². The number of furan rings is 1. The van der Waals surface area contributed by atoms with Crippen molar-refractivity contribution in [3.05, 3.63) is 112 Å². The van der Waals surface area contributed by atoms with Crippen molar-refractivity contribution >= 4 is 34.3 Å². The first-order valence-electron chi connectivity index (χ1n) is 12.1. The van der Waals surface area contributed by atoms with Crippen LogP contribution in [-0.4, -0.2) is 42.0 Å². The van der Waals surface area contributed by atoms with E-state index in [0.29, 0.717) is 33.9 Å².